The van der Waals surface area contributed by atoms with E-state index in [2.05, 4.69) is 11.1 Å². The Hall–Kier alpha value is -4.19. The number of alkyl halides is 3. The van der Waals surface area contributed by atoms with Crippen LogP contribution in [0.5, 0.6) is 5.88 Å². The van der Waals surface area contributed by atoms with E-state index in [-0.39, 0.29) is 5.88 Å². The van der Waals surface area contributed by atoms with E-state index in [0.717, 1.165) is 28.8 Å². The van der Waals surface area contributed by atoms with Crippen molar-refractivity contribution in [2.45, 2.75) is 6.18 Å². The molecule has 0 fully saturated rings. The number of rotatable bonds is 3. The van der Waals surface area contributed by atoms with Gasteiger partial charge in [-0.3, -0.25) is 0 Å². The summed E-state index contributed by atoms with van der Waals surface area (Å²) in [5.74, 6) is -0.238. The fraction of sp³-hybridized carbons (Fsp3) is 0.0370. The summed E-state index contributed by atoms with van der Waals surface area (Å²) in [7, 11) is 0. The number of halogens is 3. The fourth-order valence-electron chi connectivity index (χ4n) is 3.82. The van der Waals surface area contributed by atoms with Crippen LogP contribution in [0.25, 0.3) is 44.4 Å². The molecule has 33 heavy (non-hydrogen) atoms. The number of fused-ring (bicyclic) bond motifs is 1. The molecule has 0 saturated heterocycles. The van der Waals surface area contributed by atoms with Gasteiger partial charge in [-0.25, -0.2) is 9.97 Å². The zero-order chi connectivity index (χ0) is 23.0. The second-order valence-corrected chi connectivity index (χ2v) is 7.51. The predicted octanol–water partition coefficient (Wildman–Crippen LogP) is 7.16. The molecule has 0 atom stereocenters. The number of benzene rings is 3. The molecule has 1 radical (unpaired) electrons. The maximum absolute atomic E-state index is 13.3. The van der Waals surface area contributed by atoms with Gasteiger partial charge < -0.3 is 5.11 Å². The van der Waals surface area contributed by atoms with Gasteiger partial charge in [-0.05, 0) is 35.4 Å². The van der Waals surface area contributed by atoms with E-state index in [9.17, 15) is 18.3 Å². The molecule has 0 aliphatic rings. The second-order valence-electron chi connectivity index (χ2n) is 7.51. The summed E-state index contributed by atoms with van der Waals surface area (Å²) >= 11 is 0. The highest BCUT2D eigenvalue weighted by molar-refractivity contribution is 6.00. The van der Waals surface area contributed by atoms with Crippen LogP contribution in [-0.4, -0.2) is 15.1 Å². The van der Waals surface area contributed by atoms with Crippen molar-refractivity contribution in [1.29, 1.82) is 0 Å². The van der Waals surface area contributed by atoms with E-state index in [0.29, 0.717) is 27.7 Å². The molecule has 0 aliphatic carbocycles. The summed E-state index contributed by atoms with van der Waals surface area (Å²) in [5, 5.41) is 10.9. The molecule has 0 aliphatic heterocycles. The summed E-state index contributed by atoms with van der Waals surface area (Å²) in [6.07, 6.45) is -3.12. The van der Waals surface area contributed by atoms with Crippen LogP contribution in [-0.2, 0) is 6.18 Å². The van der Waals surface area contributed by atoms with E-state index in [1.54, 1.807) is 24.3 Å². The Morgan fingerprint density at radius 3 is 2.21 bits per heavy atom. The fourth-order valence-corrected chi connectivity index (χ4v) is 3.82. The molecule has 1 N–H and O–H groups in total. The number of pyridine rings is 2. The first-order valence-electron chi connectivity index (χ1n) is 10.1. The van der Waals surface area contributed by atoms with E-state index in [1.165, 1.54) is 12.3 Å². The van der Waals surface area contributed by atoms with Gasteiger partial charge in [0.15, 0.2) is 0 Å². The van der Waals surface area contributed by atoms with Crippen molar-refractivity contribution in [2.24, 2.45) is 0 Å². The van der Waals surface area contributed by atoms with Crippen LogP contribution < -0.4 is 0 Å². The molecule has 2 aromatic heterocycles. The van der Waals surface area contributed by atoms with Gasteiger partial charge >= 0.3 is 6.18 Å². The van der Waals surface area contributed by atoms with Crippen LogP contribution in [0.4, 0.5) is 13.2 Å². The van der Waals surface area contributed by atoms with Gasteiger partial charge in [0.05, 0.1) is 22.2 Å². The monoisotopic (exact) mass is 441 g/mol. The van der Waals surface area contributed by atoms with Gasteiger partial charge in [0.1, 0.15) is 0 Å². The average Bonchev–Trinajstić information content (AvgIpc) is 2.84. The smallest absolute Gasteiger partial charge is 0.416 e. The summed E-state index contributed by atoms with van der Waals surface area (Å²) < 4.78 is 39.9. The van der Waals surface area contributed by atoms with Crippen molar-refractivity contribution in [3.8, 4) is 39.4 Å². The molecule has 161 valence electrons. The first-order chi connectivity index (χ1) is 15.9. The predicted molar refractivity (Wildman–Crippen MR) is 121 cm³/mol. The lowest BCUT2D eigenvalue weighted by atomic mass is 9.95. The minimum atomic E-state index is -4.48. The molecule has 0 saturated carbocycles. The topological polar surface area (TPSA) is 46.0 Å². The number of aromatic nitrogens is 2. The molecule has 6 heteroatoms. The van der Waals surface area contributed by atoms with E-state index >= 15 is 0 Å². The number of hydrogen-bond acceptors (Lipinski definition) is 3. The lowest BCUT2D eigenvalue weighted by Crippen LogP contribution is -2.04. The zero-order valence-electron chi connectivity index (χ0n) is 17.1. The Morgan fingerprint density at radius 2 is 1.48 bits per heavy atom. The molecule has 3 nitrogen and oxygen atoms in total. The van der Waals surface area contributed by atoms with Crippen molar-refractivity contribution in [2.75, 3.05) is 0 Å². The summed E-state index contributed by atoms with van der Waals surface area (Å²) in [6.45, 7) is 0. The molecule has 0 amide bonds. The SMILES string of the molecule is Oc1ncc(-c2cccc(C(F)(F)F)c2)c2nc(-c3cc[c]cc3)c(-c3ccccc3)cc12. The Morgan fingerprint density at radius 1 is 0.758 bits per heavy atom. The van der Waals surface area contributed by atoms with Crippen LogP contribution in [0.2, 0.25) is 0 Å². The standard InChI is InChI=1S/C27H16F3N2O/c28-27(29,30)20-13-7-12-19(14-20)23-16-31-26(33)22-15-21(17-8-3-1-4-9-17)24(32-25(22)23)18-10-5-2-6-11-18/h1,3-16H,(H,31,33). The zero-order valence-corrected chi connectivity index (χ0v) is 17.1. The summed E-state index contributed by atoms with van der Waals surface area (Å²) in [4.78, 5) is 8.90. The van der Waals surface area contributed by atoms with Crippen LogP contribution in [0.1, 0.15) is 5.56 Å². The molecule has 5 rings (SSSR count). The van der Waals surface area contributed by atoms with Crippen molar-refractivity contribution >= 4 is 10.9 Å². The Balaban J connectivity index is 1.82. The van der Waals surface area contributed by atoms with Gasteiger partial charge in [-0.2, -0.15) is 13.2 Å². The quantitative estimate of drug-likeness (QED) is 0.323. The minimum Gasteiger partial charge on any atom is -0.493 e. The molecular formula is C27H16F3N2O. The molecule has 2 heterocycles. The van der Waals surface area contributed by atoms with E-state index in [4.69, 9.17) is 4.98 Å². The maximum Gasteiger partial charge on any atom is 0.416 e. The van der Waals surface area contributed by atoms with E-state index in [1.807, 2.05) is 42.5 Å². The second kappa shape index (κ2) is 8.06. The van der Waals surface area contributed by atoms with Gasteiger partial charge in [0, 0.05) is 22.9 Å². The summed E-state index contributed by atoms with van der Waals surface area (Å²) in [6, 6.07) is 26.6. The lowest BCUT2D eigenvalue weighted by Gasteiger charge is -2.15. The molecular weight excluding hydrogens is 425 g/mol. The summed E-state index contributed by atoms with van der Waals surface area (Å²) in [5.41, 5.74) is 3.44. The van der Waals surface area contributed by atoms with Crippen molar-refractivity contribution in [3.63, 3.8) is 0 Å². The normalized spacial score (nSPS) is 11.6. The minimum absolute atomic E-state index is 0.238. The molecule has 0 unspecified atom stereocenters. The lowest BCUT2D eigenvalue weighted by molar-refractivity contribution is -0.137. The Kier molecular flexibility index (Phi) is 5.05. The number of hydrogen-bond donors (Lipinski definition) is 1. The third-order valence-electron chi connectivity index (χ3n) is 5.41. The van der Waals surface area contributed by atoms with Gasteiger partial charge in [-0.1, -0.05) is 66.7 Å². The molecule has 0 bridgehead atoms. The first-order valence-corrected chi connectivity index (χ1v) is 10.1. The van der Waals surface area contributed by atoms with Crippen LogP contribution in [0.15, 0.2) is 91.1 Å². The first kappa shape index (κ1) is 20.7. The van der Waals surface area contributed by atoms with Crippen LogP contribution in [0, 0.1) is 6.07 Å². The molecule has 0 spiro atoms. The largest absolute Gasteiger partial charge is 0.493 e. The van der Waals surface area contributed by atoms with Crippen LogP contribution in [0.3, 0.4) is 0 Å². The number of nitrogens with zero attached hydrogens (tertiary/aromatic N) is 2. The van der Waals surface area contributed by atoms with Gasteiger partial charge in [-0.15, -0.1) is 0 Å². The Bertz CT molecular complexity index is 1450. The van der Waals surface area contributed by atoms with Crippen LogP contribution >= 0.6 is 0 Å². The van der Waals surface area contributed by atoms with Crippen molar-refractivity contribution in [3.05, 3.63) is 103 Å². The third-order valence-corrected chi connectivity index (χ3v) is 5.41. The molecule has 5 aromatic rings. The van der Waals surface area contributed by atoms with Gasteiger partial charge in [0.2, 0.25) is 5.88 Å². The maximum atomic E-state index is 13.3. The highest BCUT2D eigenvalue weighted by Gasteiger charge is 2.30. The van der Waals surface area contributed by atoms with Crippen molar-refractivity contribution in [1.82, 2.24) is 9.97 Å². The number of aromatic hydroxyl groups is 1. The highest BCUT2D eigenvalue weighted by atomic mass is 19.4. The molecule has 3 aromatic carbocycles. The van der Waals surface area contributed by atoms with Gasteiger partial charge in [0.25, 0.3) is 0 Å². The average molecular weight is 441 g/mol. The van der Waals surface area contributed by atoms with E-state index < -0.39 is 11.7 Å². The third kappa shape index (κ3) is 3.91. The Labute approximate surface area is 187 Å². The van der Waals surface area contributed by atoms with Crippen molar-refractivity contribution < 1.29 is 18.3 Å². The highest BCUT2D eigenvalue weighted by Crippen LogP contribution is 2.39.